The lowest BCUT2D eigenvalue weighted by molar-refractivity contribution is -0.384. The molecule has 0 unspecified atom stereocenters. The lowest BCUT2D eigenvalue weighted by Crippen LogP contribution is -2.08. The Kier molecular flexibility index (Phi) is 3.74. The van der Waals surface area contributed by atoms with Crippen LogP contribution < -0.4 is 10.5 Å². The summed E-state index contributed by atoms with van der Waals surface area (Å²) in [5.74, 6) is -0.324. The summed E-state index contributed by atoms with van der Waals surface area (Å²) in [6.45, 7) is 0. The van der Waals surface area contributed by atoms with Crippen molar-refractivity contribution in [2.75, 3.05) is 20.0 Å². The number of non-ortho nitro benzene ring substituents is 1. The summed E-state index contributed by atoms with van der Waals surface area (Å²) in [7, 11) is 2.62. The largest absolute Gasteiger partial charge is 0.494 e. The normalized spacial score (nSPS) is 10.2. The van der Waals surface area contributed by atoms with Crippen LogP contribution >= 0.6 is 0 Å². The summed E-state index contributed by atoms with van der Waals surface area (Å²) < 4.78 is 10.9. The third-order valence-electron chi connectivity index (χ3n) is 2.81. The zero-order valence-electron chi connectivity index (χ0n) is 11.3. The standard InChI is InChI=1S/C12H12N4O5/c1-20-10-4-3-7(16(18)19)5-9(10)15-11(13)8(6-14-15)12(17)21-2/h3-6H,13H2,1-2H3. The van der Waals surface area contributed by atoms with Gasteiger partial charge in [-0.2, -0.15) is 5.10 Å². The van der Waals surface area contributed by atoms with E-state index < -0.39 is 10.9 Å². The second-order valence-electron chi connectivity index (χ2n) is 3.96. The Labute approximate surface area is 119 Å². The molecule has 21 heavy (non-hydrogen) atoms. The number of methoxy groups -OCH3 is 2. The number of aromatic nitrogens is 2. The number of anilines is 1. The molecular formula is C12H12N4O5. The van der Waals surface area contributed by atoms with Gasteiger partial charge in [0.1, 0.15) is 22.8 Å². The maximum Gasteiger partial charge on any atom is 0.343 e. The molecule has 0 amide bonds. The van der Waals surface area contributed by atoms with E-state index in [1.807, 2.05) is 0 Å². The number of nitrogens with zero attached hydrogens (tertiary/aromatic N) is 3. The van der Waals surface area contributed by atoms with Gasteiger partial charge in [0.2, 0.25) is 0 Å². The fraction of sp³-hybridized carbons (Fsp3) is 0.167. The highest BCUT2D eigenvalue weighted by Gasteiger charge is 2.20. The molecule has 0 aliphatic carbocycles. The van der Waals surface area contributed by atoms with Crippen LogP contribution in [0.15, 0.2) is 24.4 Å². The number of nitrogen functional groups attached to an aromatic ring is 1. The molecule has 9 nitrogen and oxygen atoms in total. The maximum atomic E-state index is 11.5. The van der Waals surface area contributed by atoms with E-state index >= 15 is 0 Å². The summed E-state index contributed by atoms with van der Waals surface area (Å²) in [4.78, 5) is 21.8. The lowest BCUT2D eigenvalue weighted by Gasteiger charge is -2.09. The Bertz CT molecular complexity index is 710. The van der Waals surface area contributed by atoms with E-state index in [2.05, 4.69) is 9.84 Å². The minimum absolute atomic E-state index is 0.000600. The van der Waals surface area contributed by atoms with Crippen molar-refractivity contribution >= 4 is 17.5 Å². The summed E-state index contributed by atoms with van der Waals surface area (Å²) in [6, 6.07) is 3.97. The van der Waals surface area contributed by atoms with Crippen molar-refractivity contribution in [3.8, 4) is 11.4 Å². The predicted octanol–water partition coefficient (Wildman–Crippen LogP) is 1.16. The van der Waals surface area contributed by atoms with Crippen LogP contribution in [0.1, 0.15) is 10.4 Å². The average molecular weight is 292 g/mol. The number of esters is 1. The summed E-state index contributed by atoms with van der Waals surface area (Å²) in [5.41, 5.74) is 5.99. The number of nitro groups is 1. The van der Waals surface area contributed by atoms with E-state index in [0.717, 1.165) is 0 Å². The Balaban J connectivity index is 2.60. The van der Waals surface area contributed by atoms with Crippen LogP contribution in [-0.4, -0.2) is 34.9 Å². The molecule has 0 spiro atoms. The van der Waals surface area contributed by atoms with E-state index in [4.69, 9.17) is 10.5 Å². The first-order valence-electron chi connectivity index (χ1n) is 5.74. The number of ether oxygens (including phenoxy) is 2. The number of hydrogen-bond acceptors (Lipinski definition) is 7. The molecule has 2 N–H and O–H groups in total. The van der Waals surface area contributed by atoms with E-state index in [9.17, 15) is 14.9 Å². The van der Waals surface area contributed by atoms with Gasteiger partial charge in [-0.15, -0.1) is 0 Å². The summed E-state index contributed by atoms with van der Waals surface area (Å²) >= 11 is 0. The molecule has 1 aromatic carbocycles. The molecule has 0 aliphatic rings. The zero-order valence-corrected chi connectivity index (χ0v) is 11.3. The third-order valence-corrected chi connectivity index (χ3v) is 2.81. The van der Waals surface area contributed by atoms with Gasteiger partial charge in [0, 0.05) is 12.1 Å². The quantitative estimate of drug-likeness (QED) is 0.509. The molecule has 0 saturated carbocycles. The van der Waals surface area contributed by atoms with Crippen LogP contribution in [0.4, 0.5) is 11.5 Å². The molecule has 0 bridgehead atoms. The number of nitrogens with two attached hydrogens (primary N) is 1. The van der Waals surface area contributed by atoms with Crippen LogP contribution in [0.5, 0.6) is 5.75 Å². The topological polar surface area (TPSA) is 123 Å². The Hall–Kier alpha value is -3.10. The average Bonchev–Trinajstić information content (AvgIpc) is 2.87. The fourth-order valence-electron chi connectivity index (χ4n) is 1.77. The van der Waals surface area contributed by atoms with Crippen LogP contribution in [-0.2, 0) is 4.74 Å². The van der Waals surface area contributed by atoms with Gasteiger partial charge in [0.25, 0.3) is 5.69 Å². The minimum Gasteiger partial charge on any atom is -0.494 e. The smallest absolute Gasteiger partial charge is 0.343 e. The second kappa shape index (κ2) is 5.49. The van der Waals surface area contributed by atoms with Crippen molar-refractivity contribution in [2.24, 2.45) is 0 Å². The molecule has 2 aromatic rings. The number of rotatable bonds is 4. The highest BCUT2D eigenvalue weighted by atomic mass is 16.6. The highest BCUT2D eigenvalue weighted by Crippen LogP contribution is 2.29. The molecule has 1 heterocycles. The first kappa shape index (κ1) is 14.3. The van der Waals surface area contributed by atoms with Gasteiger partial charge >= 0.3 is 5.97 Å². The first-order chi connectivity index (χ1) is 9.99. The second-order valence-corrected chi connectivity index (χ2v) is 3.96. The third kappa shape index (κ3) is 2.48. The molecule has 1 aromatic heterocycles. The number of hydrogen-bond donors (Lipinski definition) is 1. The van der Waals surface area contributed by atoms with Gasteiger partial charge in [-0.1, -0.05) is 0 Å². The zero-order chi connectivity index (χ0) is 15.6. The summed E-state index contributed by atoms with van der Waals surface area (Å²) in [5, 5.41) is 14.8. The predicted molar refractivity (Wildman–Crippen MR) is 72.5 cm³/mol. The number of carbonyl (C=O) groups excluding carboxylic acids is 1. The number of carbonyl (C=O) groups is 1. The SMILES string of the molecule is COC(=O)c1cnn(-c2cc([N+](=O)[O-])ccc2OC)c1N. The molecule has 0 saturated heterocycles. The van der Waals surface area contributed by atoms with E-state index in [1.165, 1.54) is 43.3 Å². The molecule has 0 atom stereocenters. The van der Waals surface area contributed by atoms with Crippen molar-refractivity contribution in [3.05, 3.63) is 40.1 Å². The van der Waals surface area contributed by atoms with Gasteiger partial charge in [-0.05, 0) is 6.07 Å². The Morgan fingerprint density at radius 1 is 1.43 bits per heavy atom. The van der Waals surface area contributed by atoms with Gasteiger partial charge < -0.3 is 15.2 Å². The van der Waals surface area contributed by atoms with Crippen molar-refractivity contribution in [1.82, 2.24) is 9.78 Å². The lowest BCUT2D eigenvalue weighted by atomic mass is 10.2. The molecule has 0 aliphatic heterocycles. The van der Waals surface area contributed by atoms with Crippen LogP contribution in [0.3, 0.4) is 0 Å². The van der Waals surface area contributed by atoms with Crippen molar-refractivity contribution in [3.63, 3.8) is 0 Å². The summed E-state index contributed by atoms with van der Waals surface area (Å²) in [6.07, 6.45) is 1.22. The number of benzene rings is 1. The minimum atomic E-state index is -0.650. The van der Waals surface area contributed by atoms with E-state index in [-0.39, 0.29) is 22.8 Å². The molecule has 0 fully saturated rings. The van der Waals surface area contributed by atoms with Gasteiger partial charge in [-0.25, -0.2) is 9.48 Å². The van der Waals surface area contributed by atoms with Crippen LogP contribution in [0.25, 0.3) is 5.69 Å². The Morgan fingerprint density at radius 3 is 2.71 bits per heavy atom. The van der Waals surface area contributed by atoms with E-state index in [0.29, 0.717) is 5.75 Å². The number of nitro benzene ring substituents is 1. The molecule has 9 heteroatoms. The Morgan fingerprint density at radius 2 is 2.14 bits per heavy atom. The van der Waals surface area contributed by atoms with E-state index in [1.54, 1.807) is 0 Å². The van der Waals surface area contributed by atoms with Crippen molar-refractivity contribution in [2.45, 2.75) is 0 Å². The monoisotopic (exact) mass is 292 g/mol. The van der Waals surface area contributed by atoms with Gasteiger partial charge in [0.05, 0.1) is 25.3 Å². The van der Waals surface area contributed by atoms with Crippen molar-refractivity contribution < 1.29 is 19.2 Å². The van der Waals surface area contributed by atoms with Gasteiger partial charge in [-0.3, -0.25) is 10.1 Å². The van der Waals surface area contributed by atoms with Crippen LogP contribution in [0.2, 0.25) is 0 Å². The molecule has 0 radical (unpaired) electrons. The van der Waals surface area contributed by atoms with Crippen molar-refractivity contribution in [1.29, 1.82) is 0 Å². The highest BCUT2D eigenvalue weighted by molar-refractivity contribution is 5.94. The van der Waals surface area contributed by atoms with Gasteiger partial charge in [0.15, 0.2) is 0 Å². The molecular weight excluding hydrogens is 280 g/mol. The first-order valence-corrected chi connectivity index (χ1v) is 5.74. The maximum absolute atomic E-state index is 11.5. The molecule has 2 rings (SSSR count). The van der Waals surface area contributed by atoms with Crippen LogP contribution in [0, 0.1) is 10.1 Å². The molecule has 110 valence electrons. The fourth-order valence-corrected chi connectivity index (χ4v) is 1.77.